The molecule has 1 unspecified atom stereocenters. The van der Waals surface area contributed by atoms with Crippen molar-refractivity contribution in [3.05, 3.63) is 101 Å². The molecule has 0 aromatic heterocycles. The van der Waals surface area contributed by atoms with Crippen LogP contribution in [0.2, 0.25) is 0 Å². The summed E-state index contributed by atoms with van der Waals surface area (Å²) in [4.78, 5) is 0. The topological polar surface area (TPSA) is 35.5 Å². The molecule has 3 aromatic carbocycles. The van der Waals surface area contributed by atoms with Crippen molar-refractivity contribution in [1.82, 2.24) is 0 Å². The summed E-state index contributed by atoms with van der Waals surface area (Å²) in [5.74, 6) is -32.3. The van der Waals surface area contributed by atoms with Crippen molar-refractivity contribution in [3.63, 3.8) is 0 Å². The van der Waals surface area contributed by atoms with Gasteiger partial charge in [0.15, 0.2) is 0 Å². The van der Waals surface area contributed by atoms with E-state index in [9.17, 15) is 43.7 Å². The predicted molar refractivity (Wildman–Crippen MR) is 212 cm³/mol. The van der Waals surface area contributed by atoms with Crippen LogP contribution in [0.5, 0.6) is 5.75 Å². The van der Waals surface area contributed by atoms with Crippen LogP contribution in [0.4, 0.5) is 57.1 Å². The Morgan fingerprint density at radius 1 is 0.667 bits per heavy atom. The van der Waals surface area contributed by atoms with Crippen molar-refractivity contribution in [1.29, 1.82) is 0 Å². The number of halogens is 13. The largest absolute Gasteiger partial charge is 0.489 e. The summed E-state index contributed by atoms with van der Waals surface area (Å²) in [6.45, 7) is 2.74. The van der Waals surface area contributed by atoms with E-state index < -0.39 is 102 Å². The average molecular weight is 931 g/mol. The summed E-state index contributed by atoms with van der Waals surface area (Å²) < 4.78 is 208. The Hall–Kier alpha value is -3.34. The van der Waals surface area contributed by atoms with E-state index in [1.807, 2.05) is 78.9 Å². The normalized spacial score (nSPS) is 25.0. The van der Waals surface area contributed by atoms with E-state index in [0.29, 0.717) is 31.8 Å². The van der Waals surface area contributed by atoms with Crippen molar-refractivity contribution < 1.29 is 70.8 Å². The van der Waals surface area contributed by atoms with E-state index in [1.165, 1.54) is 0 Å². The lowest BCUT2D eigenvalue weighted by Crippen LogP contribution is -2.62. The molecule has 6 rings (SSSR count). The van der Waals surface area contributed by atoms with E-state index in [-0.39, 0.29) is 30.3 Å². The molecule has 2 saturated carbocycles. The molecule has 0 saturated heterocycles. The summed E-state index contributed by atoms with van der Waals surface area (Å²) in [6, 6.07) is 24.7. The van der Waals surface area contributed by atoms with Gasteiger partial charge in [0, 0.05) is 41.6 Å². The second kappa shape index (κ2) is 18.9. The molecular weight excluding hydrogens is 880 g/mol. The second-order valence-electron chi connectivity index (χ2n) is 17.7. The van der Waals surface area contributed by atoms with E-state index in [1.54, 1.807) is 0 Å². The number of alkyl halides is 13. The smallest absolute Gasteiger partial charge is 0.453 e. The zero-order chi connectivity index (χ0) is 46.1. The highest BCUT2D eigenvalue weighted by atomic mass is 32.2. The minimum Gasteiger partial charge on any atom is -0.489 e. The lowest BCUT2D eigenvalue weighted by Gasteiger charge is -2.54. The van der Waals surface area contributed by atoms with Crippen LogP contribution in [0, 0.1) is 23.2 Å². The molecule has 0 radical (unpaired) electrons. The maximum Gasteiger partial charge on any atom is 0.453 e. The quantitative estimate of drug-likeness (QED) is 0.106. The van der Waals surface area contributed by atoms with Gasteiger partial charge in [-0.2, -0.15) is 57.1 Å². The molecular formula is C46H51F13O3S. The Labute approximate surface area is 360 Å². The zero-order valence-corrected chi connectivity index (χ0v) is 35.4. The maximum absolute atomic E-state index is 15.4. The molecule has 0 spiro atoms. The number of ether oxygens (including phenoxy) is 2. The predicted octanol–water partition coefficient (Wildman–Crippen LogP) is 13.8. The van der Waals surface area contributed by atoms with Gasteiger partial charge in [-0.3, -0.25) is 4.21 Å². The van der Waals surface area contributed by atoms with Crippen molar-refractivity contribution in [3.8, 4) is 5.75 Å². The van der Waals surface area contributed by atoms with Gasteiger partial charge in [-0.25, -0.2) is 0 Å². The molecule has 63 heavy (non-hydrogen) atoms. The average Bonchev–Trinajstić information content (AvgIpc) is 3.56. The molecule has 3 aliphatic carbocycles. The SMILES string of the molecule is C[C@]12C[C@H](CCCC(F)(F)C(F)(F)C(F)(F)C(F)(F)CCS(=O)CCCC(F)(F)C(F)(F)F)[C@@H]3c4ccc(OCc5ccccc5)cc4CC[C@H]3[C@@H]1CC[C@@H]2OCc1ccccc1. The molecule has 0 aliphatic heterocycles. The van der Waals surface area contributed by atoms with Gasteiger partial charge < -0.3 is 9.47 Å². The lowest BCUT2D eigenvalue weighted by atomic mass is 9.51. The van der Waals surface area contributed by atoms with Gasteiger partial charge in [-0.15, -0.1) is 0 Å². The van der Waals surface area contributed by atoms with E-state index in [2.05, 4.69) is 6.92 Å². The highest BCUT2D eigenvalue weighted by Crippen LogP contribution is 2.65. The molecule has 3 aromatic rings. The standard InChI is InChI=1S/C46H51F13O3S/c1-40-27-33(14-8-21-41(47,48)44(53,54)45(55,56)42(49,50)23-25-63(60)24-9-22-43(51,52)46(57,58)59)39-35-18-16-34(61-28-30-10-4-2-5-11-30)26-32(35)15-17-36(39)37(40)19-20-38(40)62-29-31-12-6-3-7-13-31/h2-7,10-13,16,18,26,33,36-39H,8-9,14-15,17,19-25,27-29H2,1H3/t33-,36-,37-,38-,39+,40-,63?/m0/s1. The van der Waals surface area contributed by atoms with Crippen molar-refractivity contribution in [2.45, 2.75) is 139 Å². The molecule has 0 heterocycles. The minimum atomic E-state index is -6.65. The Morgan fingerprint density at radius 3 is 1.87 bits per heavy atom. The van der Waals surface area contributed by atoms with Crippen molar-refractivity contribution in [2.75, 3.05) is 11.5 Å². The fraction of sp³-hybridized carbons (Fsp3) is 0.609. The molecule has 0 N–H and O–H groups in total. The highest BCUT2D eigenvalue weighted by molar-refractivity contribution is 7.84. The van der Waals surface area contributed by atoms with Crippen LogP contribution in [-0.4, -0.2) is 57.6 Å². The third-order valence-electron chi connectivity index (χ3n) is 13.6. The van der Waals surface area contributed by atoms with E-state index in [4.69, 9.17) is 9.47 Å². The van der Waals surface area contributed by atoms with Gasteiger partial charge in [-0.1, -0.05) is 73.7 Å². The molecule has 7 atom stereocenters. The zero-order valence-electron chi connectivity index (χ0n) is 34.5. The van der Waals surface area contributed by atoms with Gasteiger partial charge in [-0.05, 0) is 115 Å². The summed E-state index contributed by atoms with van der Waals surface area (Å²) in [7, 11) is -2.73. The van der Waals surface area contributed by atoms with Crippen LogP contribution in [0.3, 0.4) is 0 Å². The molecule has 350 valence electrons. The second-order valence-corrected chi connectivity index (χ2v) is 19.4. The minimum absolute atomic E-state index is 0.0549. The Kier molecular flexibility index (Phi) is 14.7. The van der Waals surface area contributed by atoms with Crippen LogP contribution in [0.1, 0.15) is 99.3 Å². The summed E-state index contributed by atoms with van der Waals surface area (Å²) in [5.41, 5.74) is 3.42. The number of fused-ring (bicyclic) bond motifs is 5. The first-order valence-corrected chi connectivity index (χ1v) is 22.6. The molecule has 2 fully saturated rings. The van der Waals surface area contributed by atoms with Crippen LogP contribution in [-0.2, 0) is 35.2 Å². The van der Waals surface area contributed by atoms with E-state index >= 15 is 17.6 Å². The molecule has 3 aliphatic rings. The van der Waals surface area contributed by atoms with Crippen molar-refractivity contribution in [2.24, 2.45) is 23.2 Å². The maximum atomic E-state index is 15.4. The number of aryl methyl sites for hydroxylation is 1. The summed E-state index contributed by atoms with van der Waals surface area (Å²) in [5, 5.41) is 0. The molecule has 0 bridgehead atoms. The fourth-order valence-corrected chi connectivity index (χ4v) is 11.4. The number of hydrogen-bond donors (Lipinski definition) is 0. The summed E-state index contributed by atoms with van der Waals surface area (Å²) >= 11 is 0. The first-order valence-electron chi connectivity index (χ1n) is 21.2. The highest BCUT2D eigenvalue weighted by Gasteiger charge is 2.79. The van der Waals surface area contributed by atoms with Gasteiger partial charge in [0.2, 0.25) is 0 Å². The number of rotatable bonds is 20. The fourth-order valence-electron chi connectivity index (χ4n) is 10.3. The first kappa shape index (κ1) is 49.1. The van der Waals surface area contributed by atoms with Gasteiger partial charge >= 0.3 is 35.8 Å². The monoisotopic (exact) mass is 930 g/mol. The molecule has 0 amide bonds. The van der Waals surface area contributed by atoms with Crippen LogP contribution in [0.25, 0.3) is 0 Å². The third kappa shape index (κ3) is 10.4. The van der Waals surface area contributed by atoms with Crippen LogP contribution >= 0.6 is 0 Å². The Bertz CT molecular complexity index is 2000. The van der Waals surface area contributed by atoms with Crippen LogP contribution in [0.15, 0.2) is 78.9 Å². The number of hydrogen-bond acceptors (Lipinski definition) is 3. The van der Waals surface area contributed by atoms with Gasteiger partial charge in [0.1, 0.15) is 12.4 Å². The van der Waals surface area contributed by atoms with E-state index in [0.717, 1.165) is 41.5 Å². The first-order chi connectivity index (χ1) is 29.4. The third-order valence-corrected chi connectivity index (χ3v) is 15.0. The Balaban J connectivity index is 1.16. The molecule has 3 nitrogen and oxygen atoms in total. The lowest BCUT2D eigenvalue weighted by molar-refractivity contribution is -0.367. The van der Waals surface area contributed by atoms with Crippen LogP contribution < -0.4 is 4.74 Å². The van der Waals surface area contributed by atoms with Crippen molar-refractivity contribution >= 4 is 10.8 Å². The van der Waals surface area contributed by atoms with Gasteiger partial charge in [0.05, 0.1) is 12.7 Å². The van der Waals surface area contributed by atoms with Gasteiger partial charge in [0.25, 0.3) is 0 Å². The summed E-state index contributed by atoms with van der Waals surface area (Å²) in [6.07, 6.45) is -10.7. The number of benzene rings is 3. The molecule has 17 heteroatoms. The Morgan fingerprint density at radius 2 is 1.25 bits per heavy atom.